The van der Waals surface area contributed by atoms with Gasteiger partial charge in [-0.15, -0.1) is 0 Å². The van der Waals surface area contributed by atoms with Gasteiger partial charge in [-0.1, -0.05) is 20.8 Å². The first-order chi connectivity index (χ1) is 6.89. The van der Waals surface area contributed by atoms with Gasteiger partial charge in [0.2, 0.25) is 0 Å². The lowest BCUT2D eigenvalue weighted by atomic mass is 9.58. The molecular formula is C13H20O2. The molecule has 0 saturated heterocycles. The van der Waals surface area contributed by atoms with Crippen LogP contribution in [0, 0.1) is 22.7 Å². The van der Waals surface area contributed by atoms with Crippen LogP contribution in [0.1, 0.15) is 46.5 Å². The maximum absolute atomic E-state index is 11.7. The SMILES string of the molecule is CC1(C)C[C@@H](C=O)[C@@H]([C@@]2(C)CCC2=O)C1. The minimum absolute atomic E-state index is 0.106. The average Bonchev–Trinajstić information content (AvgIpc) is 2.50. The second kappa shape index (κ2) is 3.16. The van der Waals surface area contributed by atoms with E-state index < -0.39 is 0 Å². The quantitative estimate of drug-likeness (QED) is 0.654. The largest absolute Gasteiger partial charge is 0.303 e. The number of carbonyl (C=O) groups is 2. The van der Waals surface area contributed by atoms with E-state index in [2.05, 4.69) is 20.8 Å². The van der Waals surface area contributed by atoms with Crippen LogP contribution >= 0.6 is 0 Å². The first kappa shape index (κ1) is 10.8. The smallest absolute Gasteiger partial charge is 0.139 e. The number of hydrogen-bond donors (Lipinski definition) is 0. The minimum atomic E-state index is -0.181. The normalized spacial score (nSPS) is 43.8. The molecule has 0 heterocycles. The summed E-state index contributed by atoms with van der Waals surface area (Å²) in [6.07, 6.45) is 4.76. The third-order valence-electron chi connectivity index (χ3n) is 4.58. The Morgan fingerprint density at radius 3 is 2.33 bits per heavy atom. The molecule has 0 aromatic heterocycles. The van der Waals surface area contributed by atoms with Gasteiger partial charge in [-0.25, -0.2) is 0 Å². The Labute approximate surface area is 91.4 Å². The second-order valence-electron chi connectivity index (χ2n) is 6.32. The number of aldehydes is 1. The third kappa shape index (κ3) is 1.54. The van der Waals surface area contributed by atoms with Crippen LogP contribution in [0.5, 0.6) is 0 Å². The Morgan fingerprint density at radius 1 is 1.27 bits per heavy atom. The lowest BCUT2D eigenvalue weighted by Crippen LogP contribution is -2.46. The van der Waals surface area contributed by atoms with Crippen LogP contribution in [-0.4, -0.2) is 12.1 Å². The fraction of sp³-hybridized carbons (Fsp3) is 0.846. The monoisotopic (exact) mass is 208 g/mol. The summed E-state index contributed by atoms with van der Waals surface area (Å²) < 4.78 is 0. The maximum Gasteiger partial charge on any atom is 0.139 e. The fourth-order valence-electron chi connectivity index (χ4n) is 3.46. The molecule has 2 saturated carbocycles. The van der Waals surface area contributed by atoms with Crippen LogP contribution in [0.15, 0.2) is 0 Å². The molecule has 2 nitrogen and oxygen atoms in total. The van der Waals surface area contributed by atoms with Crippen molar-refractivity contribution in [3.63, 3.8) is 0 Å². The van der Waals surface area contributed by atoms with E-state index in [9.17, 15) is 9.59 Å². The molecule has 0 radical (unpaired) electrons. The van der Waals surface area contributed by atoms with E-state index in [1.165, 1.54) is 0 Å². The topological polar surface area (TPSA) is 34.1 Å². The van der Waals surface area contributed by atoms with Gasteiger partial charge in [0.25, 0.3) is 0 Å². The van der Waals surface area contributed by atoms with Crippen molar-refractivity contribution >= 4 is 12.1 Å². The molecule has 84 valence electrons. The Kier molecular flexibility index (Phi) is 2.29. The van der Waals surface area contributed by atoms with Gasteiger partial charge in [0.15, 0.2) is 0 Å². The van der Waals surface area contributed by atoms with Crippen LogP contribution in [0.4, 0.5) is 0 Å². The molecule has 2 aliphatic rings. The standard InChI is InChI=1S/C13H20O2/c1-12(2)6-9(8-14)10(7-12)13(3)5-4-11(13)15/h8-10H,4-7H2,1-3H3/t9-,10-,13+/m0/s1. The van der Waals surface area contributed by atoms with Crippen molar-refractivity contribution in [3.8, 4) is 0 Å². The van der Waals surface area contributed by atoms with Gasteiger partial charge in [-0.2, -0.15) is 0 Å². The van der Waals surface area contributed by atoms with Gasteiger partial charge in [0.1, 0.15) is 12.1 Å². The highest BCUT2D eigenvalue weighted by Gasteiger charge is 2.54. The van der Waals surface area contributed by atoms with Gasteiger partial charge in [-0.05, 0) is 30.6 Å². The highest BCUT2D eigenvalue weighted by atomic mass is 16.1. The van der Waals surface area contributed by atoms with Gasteiger partial charge < -0.3 is 4.79 Å². The van der Waals surface area contributed by atoms with E-state index in [1.807, 2.05) is 0 Å². The summed E-state index contributed by atoms with van der Waals surface area (Å²) in [4.78, 5) is 22.8. The molecule has 0 N–H and O–H groups in total. The molecule has 3 atom stereocenters. The van der Waals surface area contributed by atoms with Crippen molar-refractivity contribution in [2.45, 2.75) is 46.5 Å². The second-order valence-corrected chi connectivity index (χ2v) is 6.32. The van der Waals surface area contributed by atoms with E-state index in [1.54, 1.807) is 0 Å². The van der Waals surface area contributed by atoms with E-state index in [0.29, 0.717) is 11.7 Å². The summed E-state index contributed by atoms with van der Waals surface area (Å²) in [6.45, 7) is 6.47. The van der Waals surface area contributed by atoms with Gasteiger partial charge in [0.05, 0.1) is 0 Å². The maximum atomic E-state index is 11.7. The van der Waals surface area contributed by atoms with E-state index in [0.717, 1.165) is 32.0 Å². The molecule has 0 amide bonds. The Bertz CT molecular complexity index is 306. The number of carbonyl (C=O) groups excluding carboxylic acids is 2. The zero-order valence-electron chi connectivity index (χ0n) is 9.88. The molecule has 0 aliphatic heterocycles. The highest BCUT2D eigenvalue weighted by molar-refractivity contribution is 5.90. The first-order valence-electron chi connectivity index (χ1n) is 5.88. The van der Waals surface area contributed by atoms with Crippen molar-refractivity contribution in [1.82, 2.24) is 0 Å². The molecule has 2 aliphatic carbocycles. The molecule has 2 rings (SSSR count). The highest BCUT2D eigenvalue weighted by Crippen LogP contribution is 2.56. The Morgan fingerprint density at radius 2 is 1.93 bits per heavy atom. The van der Waals surface area contributed by atoms with Crippen molar-refractivity contribution in [3.05, 3.63) is 0 Å². The van der Waals surface area contributed by atoms with Gasteiger partial charge in [-0.3, -0.25) is 4.79 Å². The van der Waals surface area contributed by atoms with Crippen molar-refractivity contribution in [2.75, 3.05) is 0 Å². The fourth-order valence-corrected chi connectivity index (χ4v) is 3.46. The van der Waals surface area contributed by atoms with Crippen molar-refractivity contribution < 1.29 is 9.59 Å². The number of Topliss-reactive ketones (excluding diaryl/α,β-unsaturated/α-hetero) is 1. The number of ketones is 1. The summed E-state index contributed by atoms with van der Waals surface area (Å²) in [5.74, 6) is 0.776. The predicted octanol–water partition coefficient (Wildman–Crippen LogP) is 2.61. The lowest BCUT2D eigenvalue weighted by Gasteiger charge is -2.43. The zero-order valence-corrected chi connectivity index (χ0v) is 9.88. The van der Waals surface area contributed by atoms with E-state index in [4.69, 9.17) is 0 Å². The summed E-state index contributed by atoms with van der Waals surface area (Å²) in [6, 6.07) is 0. The zero-order chi connectivity index (χ0) is 11.3. The summed E-state index contributed by atoms with van der Waals surface area (Å²) in [5, 5.41) is 0. The number of hydrogen-bond acceptors (Lipinski definition) is 2. The van der Waals surface area contributed by atoms with Crippen LogP contribution < -0.4 is 0 Å². The van der Waals surface area contributed by atoms with Gasteiger partial charge >= 0.3 is 0 Å². The van der Waals surface area contributed by atoms with Gasteiger partial charge in [0, 0.05) is 17.8 Å². The molecule has 0 aromatic rings. The van der Waals surface area contributed by atoms with E-state index in [-0.39, 0.29) is 16.7 Å². The molecule has 2 heteroatoms. The molecule has 0 bridgehead atoms. The third-order valence-corrected chi connectivity index (χ3v) is 4.58. The molecule has 15 heavy (non-hydrogen) atoms. The average molecular weight is 208 g/mol. The molecule has 2 fully saturated rings. The van der Waals surface area contributed by atoms with Crippen molar-refractivity contribution in [2.24, 2.45) is 22.7 Å². The summed E-state index contributed by atoms with van der Waals surface area (Å²) >= 11 is 0. The minimum Gasteiger partial charge on any atom is -0.303 e. The Balaban J connectivity index is 2.22. The number of rotatable bonds is 2. The van der Waals surface area contributed by atoms with Crippen molar-refractivity contribution in [1.29, 1.82) is 0 Å². The van der Waals surface area contributed by atoms with Crippen LogP contribution in [-0.2, 0) is 9.59 Å². The molecule has 0 spiro atoms. The molecule has 0 aromatic carbocycles. The predicted molar refractivity (Wildman–Crippen MR) is 58.4 cm³/mol. The first-order valence-corrected chi connectivity index (χ1v) is 5.88. The summed E-state index contributed by atoms with van der Waals surface area (Å²) in [7, 11) is 0. The van der Waals surface area contributed by atoms with E-state index >= 15 is 0 Å². The molecule has 0 unspecified atom stereocenters. The summed E-state index contributed by atoms with van der Waals surface area (Å²) in [5.41, 5.74) is 0.0501. The van der Waals surface area contributed by atoms with Crippen LogP contribution in [0.2, 0.25) is 0 Å². The van der Waals surface area contributed by atoms with Crippen LogP contribution in [0.25, 0.3) is 0 Å². The lowest BCUT2D eigenvalue weighted by molar-refractivity contribution is -0.143. The molecular weight excluding hydrogens is 188 g/mol. The Hall–Kier alpha value is -0.660. The van der Waals surface area contributed by atoms with Crippen LogP contribution in [0.3, 0.4) is 0 Å².